The third-order valence-corrected chi connectivity index (χ3v) is 4.28. The summed E-state index contributed by atoms with van der Waals surface area (Å²) in [7, 11) is 0. The van der Waals surface area contributed by atoms with Gasteiger partial charge in [0.15, 0.2) is 0 Å². The van der Waals surface area contributed by atoms with E-state index >= 15 is 0 Å². The number of anilines is 1. The standard InChI is InChI=1S/C15H14N2O5/c1-8-3-2-4-10-13(8)15(20)16(14(10)19)11-6-5-9(17(21)22)7-12(11)18/h2-3,5-8,10,13,18H,4H2,1H3/t8-,10-,13+/m1/s1. The Morgan fingerprint density at radius 3 is 2.64 bits per heavy atom. The zero-order valence-electron chi connectivity index (χ0n) is 11.8. The van der Waals surface area contributed by atoms with Gasteiger partial charge in [0.1, 0.15) is 5.75 Å². The summed E-state index contributed by atoms with van der Waals surface area (Å²) in [6, 6.07) is 3.34. The van der Waals surface area contributed by atoms with Gasteiger partial charge >= 0.3 is 0 Å². The van der Waals surface area contributed by atoms with Gasteiger partial charge in [-0.1, -0.05) is 19.1 Å². The molecule has 0 spiro atoms. The molecule has 22 heavy (non-hydrogen) atoms. The van der Waals surface area contributed by atoms with Crippen LogP contribution in [0.1, 0.15) is 13.3 Å². The highest BCUT2D eigenvalue weighted by molar-refractivity contribution is 6.23. The maximum atomic E-state index is 12.6. The number of non-ortho nitro benzene ring substituents is 1. The highest BCUT2D eigenvalue weighted by Crippen LogP contribution is 2.43. The van der Waals surface area contributed by atoms with E-state index in [0.717, 1.165) is 11.0 Å². The first-order valence-corrected chi connectivity index (χ1v) is 6.93. The Bertz CT molecular complexity index is 712. The van der Waals surface area contributed by atoms with Crippen molar-refractivity contribution in [1.82, 2.24) is 0 Å². The summed E-state index contributed by atoms with van der Waals surface area (Å²) in [6.45, 7) is 1.87. The number of carbonyl (C=O) groups is 2. The molecule has 0 saturated carbocycles. The zero-order chi connectivity index (χ0) is 16.0. The molecular weight excluding hydrogens is 288 g/mol. The number of nitro benzene ring substituents is 1. The third-order valence-electron chi connectivity index (χ3n) is 4.28. The molecule has 1 aromatic rings. The molecular formula is C15H14N2O5. The van der Waals surface area contributed by atoms with Crippen LogP contribution in [0.3, 0.4) is 0 Å². The van der Waals surface area contributed by atoms with E-state index in [2.05, 4.69) is 0 Å². The third kappa shape index (κ3) is 1.97. The van der Waals surface area contributed by atoms with Crippen LogP contribution in [0.2, 0.25) is 0 Å². The number of hydrogen-bond acceptors (Lipinski definition) is 5. The monoisotopic (exact) mass is 302 g/mol. The van der Waals surface area contributed by atoms with E-state index in [0.29, 0.717) is 6.42 Å². The van der Waals surface area contributed by atoms with Gasteiger partial charge in [-0.15, -0.1) is 0 Å². The van der Waals surface area contributed by atoms with Crippen LogP contribution in [-0.4, -0.2) is 21.8 Å². The minimum Gasteiger partial charge on any atom is -0.505 e. The van der Waals surface area contributed by atoms with Gasteiger partial charge in [-0.2, -0.15) is 0 Å². The van der Waals surface area contributed by atoms with Crippen LogP contribution in [-0.2, 0) is 9.59 Å². The van der Waals surface area contributed by atoms with E-state index in [1.54, 1.807) is 0 Å². The molecule has 2 amide bonds. The van der Waals surface area contributed by atoms with E-state index in [-0.39, 0.29) is 29.1 Å². The highest BCUT2D eigenvalue weighted by atomic mass is 16.6. The molecule has 1 aliphatic heterocycles. The number of allylic oxidation sites excluding steroid dienone is 2. The topological polar surface area (TPSA) is 101 Å². The molecule has 0 unspecified atom stereocenters. The van der Waals surface area contributed by atoms with Gasteiger partial charge in [-0.3, -0.25) is 19.7 Å². The number of phenols is 1. The van der Waals surface area contributed by atoms with Crippen molar-refractivity contribution in [2.24, 2.45) is 17.8 Å². The minimum absolute atomic E-state index is 0.00204. The molecule has 3 rings (SSSR count). The first kappa shape index (κ1) is 14.2. The molecule has 1 aromatic carbocycles. The van der Waals surface area contributed by atoms with Crippen molar-refractivity contribution >= 4 is 23.2 Å². The number of imide groups is 1. The molecule has 1 saturated heterocycles. The zero-order valence-corrected chi connectivity index (χ0v) is 11.8. The van der Waals surface area contributed by atoms with Crippen LogP contribution < -0.4 is 4.90 Å². The number of aromatic hydroxyl groups is 1. The van der Waals surface area contributed by atoms with E-state index in [4.69, 9.17) is 0 Å². The summed E-state index contributed by atoms with van der Waals surface area (Å²) < 4.78 is 0. The van der Waals surface area contributed by atoms with Crippen LogP contribution in [0.15, 0.2) is 30.4 Å². The van der Waals surface area contributed by atoms with Gasteiger partial charge in [0.2, 0.25) is 11.8 Å². The molecule has 2 aliphatic rings. The molecule has 0 aromatic heterocycles. The van der Waals surface area contributed by atoms with Crippen LogP contribution in [0.4, 0.5) is 11.4 Å². The summed E-state index contributed by atoms with van der Waals surface area (Å²) in [5, 5.41) is 20.7. The van der Waals surface area contributed by atoms with Crippen molar-refractivity contribution in [2.75, 3.05) is 4.90 Å². The molecule has 3 atom stereocenters. The molecule has 7 heteroatoms. The smallest absolute Gasteiger partial charge is 0.273 e. The van der Waals surface area contributed by atoms with Crippen LogP contribution in [0.25, 0.3) is 0 Å². The SMILES string of the molecule is C[C@@H]1C=CC[C@H]2C(=O)N(c3ccc([N+](=O)[O-])cc3O)C(=O)[C@@H]12. The second-order valence-corrected chi connectivity index (χ2v) is 5.60. The van der Waals surface area contributed by atoms with Gasteiger partial charge in [-0.25, -0.2) is 4.90 Å². The molecule has 0 radical (unpaired) electrons. The largest absolute Gasteiger partial charge is 0.505 e. The summed E-state index contributed by atoms with van der Waals surface area (Å²) in [6.07, 6.45) is 4.28. The molecule has 1 heterocycles. The fraction of sp³-hybridized carbons (Fsp3) is 0.333. The maximum Gasteiger partial charge on any atom is 0.273 e. The van der Waals surface area contributed by atoms with Crippen LogP contribution >= 0.6 is 0 Å². The van der Waals surface area contributed by atoms with Crippen molar-refractivity contribution in [1.29, 1.82) is 0 Å². The molecule has 114 valence electrons. The fourth-order valence-electron chi connectivity index (χ4n) is 3.20. The Balaban J connectivity index is 2.01. The number of carbonyl (C=O) groups excluding carboxylic acids is 2. The number of hydrogen-bond donors (Lipinski definition) is 1. The molecule has 7 nitrogen and oxygen atoms in total. The maximum absolute atomic E-state index is 12.6. The second kappa shape index (κ2) is 4.94. The average Bonchev–Trinajstić information content (AvgIpc) is 2.72. The molecule has 0 bridgehead atoms. The molecule has 1 N–H and O–H groups in total. The Hall–Kier alpha value is -2.70. The summed E-state index contributed by atoms with van der Waals surface area (Å²) in [5.74, 6) is -2.10. The van der Waals surface area contributed by atoms with Crippen molar-refractivity contribution in [3.63, 3.8) is 0 Å². The second-order valence-electron chi connectivity index (χ2n) is 5.60. The fourth-order valence-corrected chi connectivity index (χ4v) is 3.20. The minimum atomic E-state index is -0.650. The number of rotatable bonds is 2. The normalized spacial score (nSPS) is 27.1. The van der Waals surface area contributed by atoms with Crippen molar-refractivity contribution < 1.29 is 19.6 Å². The van der Waals surface area contributed by atoms with E-state index in [1.807, 2.05) is 19.1 Å². The van der Waals surface area contributed by atoms with Crippen LogP contribution in [0.5, 0.6) is 5.75 Å². The number of nitro groups is 1. The summed E-state index contributed by atoms with van der Waals surface area (Å²) >= 11 is 0. The summed E-state index contributed by atoms with van der Waals surface area (Å²) in [5.41, 5.74) is -0.296. The predicted octanol–water partition coefficient (Wildman–Crippen LogP) is 2.00. The lowest BCUT2D eigenvalue weighted by Gasteiger charge is -2.22. The van der Waals surface area contributed by atoms with Gasteiger partial charge < -0.3 is 5.11 Å². The van der Waals surface area contributed by atoms with Gasteiger partial charge in [0.25, 0.3) is 5.69 Å². The summed E-state index contributed by atoms with van der Waals surface area (Å²) in [4.78, 5) is 36.1. The Labute approximate surface area is 126 Å². The number of benzene rings is 1. The number of phenolic OH excluding ortho intramolecular Hbond substituents is 1. The lowest BCUT2D eigenvalue weighted by Crippen LogP contribution is -2.31. The van der Waals surface area contributed by atoms with Crippen molar-refractivity contribution in [3.05, 3.63) is 40.5 Å². The van der Waals surface area contributed by atoms with E-state index in [1.165, 1.54) is 12.1 Å². The average molecular weight is 302 g/mol. The Morgan fingerprint density at radius 2 is 2.05 bits per heavy atom. The lowest BCUT2D eigenvalue weighted by molar-refractivity contribution is -0.384. The van der Waals surface area contributed by atoms with Crippen molar-refractivity contribution in [3.8, 4) is 5.75 Å². The van der Waals surface area contributed by atoms with E-state index in [9.17, 15) is 24.8 Å². The number of nitrogens with zero attached hydrogens (tertiary/aromatic N) is 2. The van der Waals surface area contributed by atoms with Gasteiger partial charge in [-0.05, 0) is 18.4 Å². The quantitative estimate of drug-likeness (QED) is 0.390. The predicted molar refractivity (Wildman–Crippen MR) is 77.2 cm³/mol. The van der Waals surface area contributed by atoms with Gasteiger partial charge in [0.05, 0.1) is 28.5 Å². The molecule has 1 aliphatic carbocycles. The number of amides is 2. The Morgan fingerprint density at radius 1 is 1.32 bits per heavy atom. The van der Waals surface area contributed by atoms with Crippen LogP contribution in [0, 0.1) is 27.9 Å². The van der Waals surface area contributed by atoms with Gasteiger partial charge in [0, 0.05) is 6.07 Å². The van der Waals surface area contributed by atoms with E-state index < -0.39 is 22.5 Å². The Kier molecular flexibility index (Phi) is 3.20. The lowest BCUT2D eigenvalue weighted by atomic mass is 9.78. The first-order chi connectivity index (χ1) is 10.4. The highest BCUT2D eigenvalue weighted by Gasteiger charge is 2.51. The number of fused-ring (bicyclic) bond motifs is 1. The first-order valence-electron chi connectivity index (χ1n) is 6.93. The van der Waals surface area contributed by atoms with Crippen molar-refractivity contribution in [2.45, 2.75) is 13.3 Å². The molecule has 1 fully saturated rings.